The van der Waals surface area contributed by atoms with E-state index in [9.17, 15) is 9.59 Å². The van der Waals surface area contributed by atoms with Crippen LogP contribution in [0.25, 0.3) is 16.3 Å². The molecule has 0 fully saturated rings. The van der Waals surface area contributed by atoms with E-state index in [1.54, 1.807) is 11.3 Å². The number of rotatable bonds is 2. The van der Waals surface area contributed by atoms with Gasteiger partial charge >= 0.3 is 5.97 Å². The first-order chi connectivity index (χ1) is 9.15. The molecule has 1 aliphatic rings. The first-order valence-corrected chi connectivity index (χ1v) is 6.92. The van der Waals surface area contributed by atoms with Gasteiger partial charge in [-0.3, -0.25) is 4.79 Å². The van der Waals surface area contributed by atoms with E-state index in [4.69, 9.17) is 5.11 Å². The Labute approximate surface area is 112 Å². The number of carboxylic acids is 1. The number of nitrogens with one attached hydrogen (secondary N) is 1. The molecule has 0 aliphatic heterocycles. The van der Waals surface area contributed by atoms with Crippen molar-refractivity contribution in [2.45, 2.75) is 25.7 Å². The Balaban J connectivity index is 2.17. The van der Waals surface area contributed by atoms with E-state index in [0.717, 1.165) is 37.3 Å². The van der Waals surface area contributed by atoms with Crippen molar-refractivity contribution in [3.63, 3.8) is 0 Å². The van der Waals surface area contributed by atoms with E-state index in [1.807, 2.05) is 0 Å². The fraction of sp³-hybridized carbons (Fsp3) is 0.308. The van der Waals surface area contributed by atoms with E-state index < -0.39 is 5.97 Å². The summed E-state index contributed by atoms with van der Waals surface area (Å²) < 4.78 is 0. The minimum atomic E-state index is -1.06. The number of H-pyrrole nitrogens is 1. The molecule has 0 radical (unpaired) electrons. The number of aryl methyl sites for hydroxylation is 2. The van der Waals surface area contributed by atoms with Crippen LogP contribution in [0.1, 0.15) is 29.1 Å². The van der Waals surface area contributed by atoms with Crippen molar-refractivity contribution < 1.29 is 9.90 Å². The Morgan fingerprint density at radius 2 is 2.16 bits per heavy atom. The average molecular weight is 276 g/mol. The van der Waals surface area contributed by atoms with E-state index in [2.05, 4.69) is 9.97 Å². The summed E-state index contributed by atoms with van der Waals surface area (Å²) >= 11 is 1.55. The molecule has 0 aromatic carbocycles. The molecule has 0 saturated heterocycles. The van der Waals surface area contributed by atoms with Crippen molar-refractivity contribution in [1.82, 2.24) is 9.97 Å². The Hall–Kier alpha value is -1.95. The van der Waals surface area contributed by atoms with Gasteiger partial charge in [-0.1, -0.05) is 0 Å². The van der Waals surface area contributed by atoms with Crippen molar-refractivity contribution in [2.24, 2.45) is 0 Å². The molecule has 0 unspecified atom stereocenters. The van der Waals surface area contributed by atoms with E-state index in [-0.39, 0.29) is 5.56 Å². The third-order valence-corrected chi connectivity index (χ3v) is 4.41. The molecule has 0 atom stereocenters. The van der Waals surface area contributed by atoms with E-state index in [0.29, 0.717) is 16.0 Å². The smallest absolute Gasteiger partial charge is 0.328 e. The van der Waals surface area contributed by atoms with Crippen LogP contribution in [0.15, 0.2) is 10.9 Å². The van der Waals surface area contributed by atoms with Gasteiger partial charge in [0.05, 0.1) is 5.39 Å². The molecule has 2 aromatic rings. The fourth-order valence-electron chi connectivity index (χ4n) is 2.41. The van der Waals surface area contributed by atoms with Gasteiger partial charge in [0.15, 0.2) is 0 Å². The second-order valence-electron chi connectivity index (χ2n) is 4.51. The largest absolute Gasteiger partial charge is 0.478 e. The number of hydrogen-bond acceptors (Lipinski definition) is 4. The van der Waals surface area contributed by atoms with Crippen LogP contribution in [0, 0.1) is 0 Å². The molecule has 2 heterocycles. The van der Waals surface area contributed by atoms with Gasteiger partial charge in [-0.15, -0.1) is 11.3 Å². The molecule has 0 bridgehead atoms. The average Bonchev–Trinajstić information content (AvgIpc) is 2.74. The van der Waals surface area contributed by atoms with Crippen LogP contribution in [0.2, 0.25) is 0 Å². The molecule has 3 rings (SSSR count). The SMILES string of the molecule is O=C(O)/C=C/c1nc2sc3c(c2c(=O)[nH]1)CCCC3. The van der Waals surface area contributed by atoms with Gasteiger partial charge in [-0.2, -0.15) is 0 Å². The Morgan fingerprint density at radius 1 is 1.37 bits per heavy atom. The summed E-state index contributed by atoms with van der Waals surface area (Å²) in [5, 5.41) is 9.27. The summed E-state index contributed by atoms with van der Waals surface area (Å²) in [5.41, 5.74) is 0.961. The second kappa shape index (κ2) is 4.62. The number of aliphatic carboxylic acids is 1. The van der Waals surface area contributed by atoms with Crippen molar-refractivity contribution >= 4 is 33.6 Å². The quantitative estimate of drug-likeness (QED) is 0.821. The van der Waals surface area contributed by atoms with Crippen molar-refractivity contribution in [3.8, 4) is 0 Å². The van der Waals surface area contributed by atoms with Crippen LogP contribution in [-0.2, 0) is 17.6 Å². The summed E-state index contributed by atoms with van der Waals surface area (Å²) in [6.07, 6.45) is 6.49. The molecule has 0 spiro atoms. The molecule has 1 aliphatic carbocycles. The molecular formula is C13H12N2O3S. The number of aromatic nitrogens is 2. The van der Waals surface area contributed by atoms with E-state index >= 15 is 0 Å². The van der Waals surface area contributed by atoms with Gasteiger partial charge in [0.25, 0.3) is 5.56 Å². The van der Waals surface area contributed by atoms with Crippen LogP contribution < -0.4 is 5.56 Å². The number of fused-ring (bicyclic) bond motifs is 3. The molecule has 98 valence electrons. The van der Waals surface area contributed by atoms with E-state index in [1.165, 1.54) is 11.0 Å². The lowest BCUT2D eigenvalue weighted by Crippen LogP contribution is -2.11. The topological polar surface area (TPSA) is 83.0 Å². The molecule has 6 heteroatoms. The number of carboxylic acid groups (broad SMARTS) is 1. The standard InChI is InChI=1S/C13H12N2O3S/c16-10(17)6-5-9-14-12(18)11-7-3-1-2-4-8(7)19-13(11)15-9/h5-6H,1-4H2,(H,16,17)(H,14,15,18)/b6-5+. The first kappa shape index (κ1) is 12.1. The van der Waals surface area contributed by atoms with Crippen LogP contribution in [-0.4, -0.2) is 21.0 Å². The third kappa shape index (κ3) is 2.19. The highest BCUT2D eigenvalue weighted by Gasteiger charge is 2.19. The molecule has 0 amide bonds. The van der Waals surface area contributed by atoms with Crippen molar-refractivity contribution in [2.75, 3.05) is 0 Å². The van der Waals surface area contributed by atoms with Gasteiger partial charge in [-0.05, 0) is 37.3 Å². The van der Waals surface area contributed by atoms with Gasteiger partial charge in [-0.25, -0.2) is 9.78 Å². The fourth-order valence-corrected chi connectivity index (χ4v) is 3.68. The number of hydrogen-bond donors (Lipinski definition) is 2. The summed E-state index contributed by atoms with van der Waals surface area (Å²) in [7, 11) is 0. The summed E-state index contributed by atoms with van der Waals surface area (Å²) in [5.74, 6) is -0.772. The lowest BCUT2D eigenvalue weighted by atomic mass is 9.97. The zero-order chi connectivity index (χ0) is 13.4. The monoisotopic (exact) mass is 276 g/mol. The molecule has 19 heavy (non-hydrogen) atoms. The lowest BCUT2D eigenvalue weighted by Gasteiger charge is -2.09. The maximum Gasteiger partial charge on any atom is 0.328 e. The predicted octanol–water partition coefficient (Wildman–Crippen LogP) is 1.96. The highest BCUT2D eigenvalue weighted by Crippen LogP contribution is 2.33. The maximum absolute atomic E-state index is 12.1. The van der Waals surface area contributed by atoms with Gasteiger partial charge in [0.1, 0.15) is 10.7 Å². The minimum Gasteiger partial charge on any atom is -0.478 e. The zero-order valence-corrected chi connectivity index (χ0v) is 10.9. The van der Waals surface area contributed by atoms with Crippen LogP contribution in [0.4, 0.5) is 0 Å². The predicted molar refractivity (Wildman–Crippen MR) is 73.6 cm³/mol. The summed E-state index contributed by atoms with van der Waals surface area (Å²) in [6, 6.07) is 0. The highest BCUT2D eigenvalue weighted by atomic mass is 32.1. The number of nitrogens with zero attached hydrogens (tertiary/aromatic N) is 1. The van der Waals surface area contributed by atoms with Gasteiger partial charge in [0, 0.05) is 11.0 Å². The first-order valence-electron chi connectivity index (χ1n) is 6.11. The summed E-state index contributed by atoms with van der Waals surface area (Å²) in [4.78, 5) is 31.5. The van der Waals surface area contributed by atoms with Gasteiger partial charge in [0.2, 0.25) is 0 Å². The third-order valence-electron chi connectivity index (χ3n) is 3.23. The normalized spacial score (nSPS) is 14.9. The van der Waals surface area contributed by atoms with Gasteiger partial charge < -0.3 is 10.1 Å². The Morgan fingerprint density at radius 3 is 2.95 bits per heavy atom. The number of aromatic amines is 1. The molecule has 5 nitrogen and oxygen atoms in total. The van der Waals surface area contributed by atoms with Crippen molar-refractivity contribution in [3.05, 3.63) is 32.7 Å². The maximum atomic E-state index is 12.1. The molecular weight excluding hydrogens is 264 g/mol. The molecule has 0 saturated carbocycles. The number of thiophene rings is 1. The summed E-state index contributed by atoms with van der Waals surface area (Å²) in [6.45, 7) is 0. The molecule has 2 aromatic heterocycles. The Kier molecular flexibility index (Phi) is 2.94. The lowest BCUT2D eigenvalue weighted by molar-refractivity contribution is -0.131. The number of carbonyl (C=O) groups is 1. The highest BCUT2D eigenvalue weighted by molar-refractivity contribution is 7.18. The zero-order valence-electron chi connectivity index (χ0n) is 10.1. The van der Waals surface area contributed by atoms with Crippen molar-refractivity contribution in [1.29, 1.82) is 0 Å². The second-order valence-corrected chi connectivity index (χ2v) is 5.60. The molecule has 2 N–H and O–H groups in total. The van der Waals surface area contributed by atoms with Crippen LogP contribution in [0.3, 0.4) is 0 Å². The Bertz CT molecular complexity index is 742. The minimum absolute atomic E-state index is 0.172. The van der Waals surface area contributed by atoms with Crippen LogP contribution >= 0.6 is 11.3 Å². The van der Waals surface area contributed by atoms with Crippen LogP contribution in [0.5, 0.6) is 0 Å².